The van der Waals surface area contributed by atoms with Crippen molar-refractivity contribution in [1.29, 1.82) is 0 Å². The number of methoxy groups -OCH3 is 2. The number of benzene rings is 2. The zero-order valence-corrected chi connectivity index (χ0v) is 23.0. The van der Waals surface area contributed by atoms with Gasteiger partial charge in [0.1, 0.15) is 11.5 Å². The Kier molecular flexibility index (Phi) is 8.39. The number of ether oxygens (including phenoxy) is 3. The van der Waals surface area contributed by atoms with Crippen LogP contribution in [-0.2, 0) is 6.42 Å². The molecule has 6 atom stereocenters. The van der Waals surface area contributed by atoms with Gasteiger partial charge in [0.05, 0.1) is 20.8 Å². The van der Waals surface area contributed by atoms with E-state index in [-0.39, 0.29) is 0 Å². The number of hydrogen-bond donors (Lipinski definition) is 2. The predicted octanol–water partition coefficient (Wildman–Crippen LogP) is 6.43. The summed E-state index contributed by atoms with van der Waals surface area (Å²) in [7, 11) is 7.09. The Morgan fingerprint density at radius 2 is 1.78 bits per heavy atom. The Balaban J connectivity index is 0.000000967. The lowest BCUT2D eigenvalue weighted by molar-refractivity contribution is 0.000861. The van der Waals surface area contributed by atoms with Gasteiger partial charge < -0.3 is 24.6 Å². The highest BCUT2D eigenvalue weighted by atomic mass is 16.5. The number of phenols is 1. The molecule has 2 N–H and O–H groups in total. The minimum absolute atomic E-state index is 0.400. The van der Waals surface area contributed by atoms with Crippen molar-refractivity contribution in [2.75, 3.05) is 34.9 Å². The van der Waals surface area contributed by atoms with Crippen molar-refractivity contribution in [3.8, 4) is 23.0 Å². The zero-order chi connectivity index (χ0) is 25.9. The van der Waals surface area contributed by atoms with E-state index in [2.05, 4.69) is 25.2 Å². The van der Waals surface area contributed by atoms with Gasteiger partial charge in [0.25, 0.3) is 0 Å². The van der Waals surface area contributed by atoms with Crippen LogP contribution < -0.4 is 19.5 Å². The third-order valence-corrected chi connectivity index (χ3v) is 9.35. The van der Waals surface area contributed by atoms with Gasteiger partial charge in [0.2, 0.25) is 0 Å². The fourth-order valence-electron chi connectivity index (χ4n) is 7.75. The van der Waals surface area contributed by atoms with Crippen LogP contribution in [0.3, 0.4) is 0 Å². The summed E-state index contributed by atoms with van der Waals surface area (Å²) in [6, 6.07) is 11.9. The smallest absolute Gasteiger partial charge is 0.164 e. The minimum Gasteiger partial charge on any atom is -0.508 e. The minimum atomic E-state index is 0.400. The van der Waals surface area contributed by atoms with E-state index in [0.29, 0.717) is 28.9 Å². The molecule has 0 radical (unpaired) electrons. The van der Waals surface area contributed by atoms with Crippen LogP contribution in [0.1, 0.15) is 63.0 Å². The molecular formula is C31H45NO4. The molecule has 0 saturated heterocycles. The van der Waals surface area contributed by atoms with Gasteiger partial charge in [0, 0.05) is 6.07 Å². The number of nitrogens with one attached hydrogen (secondary N) is 1. The van der Waals surface area contributed by atoms with Crippen LogP contribution in [-0.4, -0.2) is 40.0 Å². The van der Waals surface area contributed by atoms with E-state index in [0.717, 1.165) is 48.5 Å². The first-order valence-electron chi connectivity index (χ1n) is 13.6. The van der Waals surface area contributed by atoms with Gasteiger partial charge in [-0.05, 0) is 123 Å². The number of rotatable bonds is 6. The quantitative estimate of drug-likeness (QED) is 0.483. The largest absolute Gasteiger partial charge is 0.508 e. The third-order valence-electron chi connectivity index (χ3n) is 9.35. The summed E-state index contributed by atoms with van der Waals surface area (Å²) >= 11 is 0. The van der Waals surface area contributed by atoms with Crippen LogP contribution >= 0.6 is 0 Å². The van der Waals surface area contributed by atoms with Gasteiger partial charge in [-0.1, -0.05) is 19.9 Å². The van der Waals surface area contributed by atoms with E-state index in [1.54, 1.807) is 14.2 Å². The summed E-state index contributed by atoms with van der Waals surface area (Å²) in [5, 5.41) is 12.7. The van der Waals surface area contributed by atoms with Gasteiger partial charge in [-0.3, -0.25) is 0 Å². The average molecular weight is 496 g/mol. The maximum absolute atomic E-state index is 9.99. The first-order valence-corrected chi connectivity index (χ1v) is 13.6. The highest BCUT2D eigenvalue weighted by Gasteiger charge is 2.55. The molecule has 2 saturated carbocycles. The predicted molar refractivity (Wildman–Crippen MR) is 145 cm³/mol. The number of phenolic OH excluding ortho intramolecular Hbond substituents is 1. The highest BCUT2D eigenvalue weighted by Crippen LogP contribution is 2.64. The summed E-state index contributed by atoms with van der Waals surface area (Å²) in [5.41, 5.74) is 3.29. The van der Waals surface area contributed by atoms with Crippen molar-refractivity contribution in [2.45, 2.75) is 58.3 Å². The van der Waals surface area contributed by atoms with Crippen LogP contribution in [0.2, 0.25) is 0 Å². The van der Waals surface area contributed by atoms with Crippen LogP contribution in [0.15, 0.2) is 36.4 Å². The summed E-state index contributed by atoms with van der Waals surface area (Å²) in [6.45, 7) is 5.74. The topological polar surface area (TPSA) is 60.0 Å². The number of fused-ring (bicyclic) bond motifs is 5. The number of aromatic hydroxyl groups is 1. The molecule has 0 spiro atoms. The summed E-state index contributed by atoms with van der Waals surface area (Å²) in [6.07, 6.45) is 7.40. The highest BCUT2D eigenvalue weighted by molar-refractivity contribution is 5.45. The van der Waals surface area contributed by atoms with Gasteiger partial charge in [0.15, 0.2) is 11.5 Å². The lowest BCUT2D eigenvalue weighted by Crippen LogP contribution is -2.45. The summed E-state index contributed by atoms with van der Waals surface area (Å²) in [5.74, 6) is 6.29. The van der Waals surface area contributed by atoms with Crippen molar-refractivity contribution in [3.63, 3.8) is 0 Å². The normalized spacial score (nSPS) is 30.2. The van der Waals surface area contributed by atoms with Gasteiger partial charge in [-0.25, -0.2) is 0 Å². The molecule has 0 aliphatic heterocycles. The van der Waals surface area contributed by atoms with Crippen molar-refractivity contribution >= 4 is 0 Å². The SMILES string of the molecule is CNC.COc1ccc(OCC[C@H]2CCC3C4C(CCC32C)c2ccc(O)cc2C[C@H]4C)c(OC)c1. The number of hydrogen-bond acceptors (Lipinski definition) is 5. The third kappa shape index (κ3) is 5.04. The van der Waals surface area contributed by atoms with Gasteiger partial charge >= 0.3 is 0 Å². The van der Waals surface area contributed by atoms with Crippen LogP contribution in [0.4, 0.5) is 0 Å². The zero-order valence-electron chi connectivity index (χ0n) is 23.0. The molecule has 0 aromatic heterocycles. The first kappa shape index (κ1) is 26.7. The molecule has 0 heterocycles. The molecule has 36 heavy (non-hydrogen) atoms. The Labute approximate surface area is 217 Å². The fraction of sp³-hybridized carbons (Fsp3) is 0.613. The second-order valence-corrected chi connectivity index (χ2v) is 11.3. The fourth-order valence-corrected chi connectivity index (χ4v) is 7.75. The molecule has 198 valence electrons. The summed E-state index contributed by atoms with van der Waals surface area (Å²) < 4.78 is 17.0. The molecule has 3 aliphatic carbocycles. The molecule has 5 rings (SSSR count). The molecule has 2 aromatic rings. The van der Waals surface area contributed by atoms with Crippen molar-refractivity contribution in [1.82, 2.24) is 5.32 Å². The van der Waals surface area contributed by atoms with E-state index in [4.69, 9.17) is 14.2 Å². The van der Waals surface area contributed by atoms with E-state index >= 15 is 0 Å². The van der Waals surface area contributed by atoms with Crippen LogP contribution in [0.5, 0.6) is 23.0 Å². The van der Waals surface area contributed by atoms with E-state index < -0.39 is 0 Å². The molecule has 2 aromatic carbocycles. The molecule has 4 unspecified atom stereocenters. The van der Waals surface area contributed by atoms with Crippen LogP contribution in [0, 0.1) is 29.1 Å². The maximum atomic E-state index is 9.99. The van der Waals surface area contributed by atoms with Gasteiger partial charge in [-0.2, -0.15) is 0 Å². The van der Waals surface area contributed by atoms with Gasteiger partial charge in [-0.15, -0.1) is 0 Å². The second kappa shape index (κ2) is 11.3. The molecule has 2 fully saturated rings. The van der Waals surface area contributed by atoms with Crippen LogP contribution in [0.25, 0.3) is 0 Å². The van der Waals surface area contributed by atoms with Crippen molar-refractivity contribution < 1.29 is 19.3 Å². The molecule has 5 nitrogen and oxygen atoms in total. The summed E-state index contributed by atoms with van der Waals surface area (Å²) in [4.78, 5) is 0. The molecule has 3 aliphatic rings. The van der Waals surface area contributed by atoms with E-state index in [1.807, 2.05) is 44.4 Å². The second-order valence-electron chi connectivity index (χ2n) is 11.3. The Hall–Kier alpha value is -2.40. The monoisotopic (exact) mass is 495 g/mol. The molecule has 0 bridgehead atoms. The molecule has 5 heteroatoms. The van der Waals surface area contributed by atoms with E-state index in [9.17, 15) is 5.11 Å². The standard InChI is InChI=1S/C29H38O4.C2H7N/c1-18-15-19-16-21(30)6-8-23(19)24-11-13-29(2)20(5-9-25(29)28(18)24)12-14-33-26-10-7-22(31-3)17-27(26)32-4;1-3-2/h6-8,10,16-18,20,24-25,28,30H,5,9,11-15H2,1-4H3;3H,1-2H3/t18-,20-,24?,25?,28?,29?;/m1./s1. The van der Waals surface area contributed by atoms with Crippen molar-refractivity contribution in [3.05, 3.63) is 47.5 Å². The molecule has 0 amide bonds. The molecular weight excluding hydrogens is 450 g/mol. The Morgan fingerprint density at radius 1 is 1.00 bits per heavy atom. The lowest BCUT2D eigenvalue weighted by Gasteiger charge is -2.53. The Bertz CT molecular complexity index is 1020. The maximum Gasteiger partial charge on any atom is 0.164 e. The van der Waals surface area contributed by atoms with Crippen molar-refractivity contribution in [2.24, 2.45) is 29.1 Å². The first-order chi connectivity index (χ1) is 17.4. The van der Waals surface area contributed by atoms with E-state index in [1.165, 1.54) is 36.8 Å². The Morgan fingerprint density at radius 3 is 2.50 bits per heavy atom. The lowest BCUT2D eigenvalue weighted by atomic mass is 9.51. The average Bonchev–Trinajstić information content (AvgIpc) is 3.20.